The number of rotatable bonds is 16. The molecule has 0 bridgehead atoms. The lowest BCUT2D eigenvalue weighted by atomic mass is 9.95. The maximum atomic E-state index is 13.2. The number of nitrogens with one attached hydrogen (secondary N) is 3. The Morgan fingerprint density at radius 2 is 1.46 bits per heavy atom. The quantitative estimate of drug-likeness (QED) is 0.154. The number of carboxylic acid groups (broad SMARTS) is 1. The summed E-state index contributed by atoms with van der Waals surface area (Å²) in [5.41, 5.74) is 12.3. The monoisotopic (exact) mass is 521 g/mol. The molecule has 0 aliphatic heterocycles. The number of unbranched alkanes of at least 4 members (excludes halogenated alkanes) is 1. The van der Waals surface area contributed by atoms with Gasteiger partial charge in [0.1, 0.15) is 23.9 Å². The third-order valence-corrected chi connectivity index (χ3v) is 6.33. The fraction of sp³-hybridized carbons (Fsp3) is 0.615. The van der Waals surface area contributed by atoms with Gasteiger partial charge >= 0.3 is 5.97 Å². The van der Waals surface area contributed by atoms with Crippen LogP contribution in [0.15, 0.2) is 24.3 Å². The van der Waals surface area contributed by atoms with Crippen LogP contribution >= 0.6 is 0 Å². The molecular formula is C26H43N5O6. The SMILES string of the molecule is CCC(C)C(NC(=O)C(NC(=O)C(N)Cc1ccc(O)cc1)C(C)C)C(=O)NC(CCCCN)C(=O)O. The molecule has 9 N–H and O–H groups in total. The van der Waals surface area contributed by atoms with Crippen molar-refractivity contribution in [2.75, 3.05) is 6.54 Å². The zero-order valence-electron chi connectivity index (χ0n) is 22.2. The maximum absolute atomic E-state index is 13.2. The summed E-state index contributed by atoms with van der Waals surface area (Å²) in [5, 5.41) is 26.9. The van der Waals surface area contributed by atoms with Gasteiger partial charge in [-0.1, -0.05) is 46.2 Å². The molecule has 0 saturated heterocycles. The number of hydrogen-bond acceptors (Lipinski definition) is 7. The highest BCUT2D eigenvalue weighted by Crippen LogP contribution is 2.13. The molecular weight excluding hydrogens is 478 g/mol. The smallest absolute Gasteiger partial charge is 0.326 e. The summed E-state index contributed by atoms with van der Waals surface area (Å²) in [4.78, 5) is 50.6. The summed E-state index contributed by atoms with van der Waals surface area (Å²) in [7, 11) is 0. The number of carbonyl (C=O) groups excluding carboxylic acids is 3. The second-order valence-electron chi connectivity index (χ2n) is 9.76. The Morgan fingerprint density at radius 3 is 1.97 bits per heavy atom. The van der Waals surface area contributed by atoms with E-state index in [9.17, 15) is 29.4 Å². The Balaban J connectivity index is 2.92. The van der Waals surface area contributed by atoms with Crippen molar-refractivity contribution in [2.45, 2.75) is 84.0 Å². The lowest BCUT2D eigenvalue weighted by Gasteiger charge is -2.29. The van der Waals surface area contributed by atoms with Gasteiger partial charge in [-0.2, -0.15) is 0 Å². The van der Waals surface area contributed by atoms with E-state index in [1.807, 2.05) is 6.92 Å². The molecule has 3 amide bonds. The Bertz CT molecular complexity index is 892. The number of nitrogens with two attached hydrogens (primary N) is 2. The normalized spacial score (nSPS) is 15.2. The van der Waals surface area contributed by atoms with Crippen molar-refractivity contribution in [2.24, 2.45) is 23.3 Å². The topological polar surface area (TPSA) is 197 Å². The van der Waals surface area contributed by atoms with Crippen LogP contribution in [0.2, 0.25) is 0 Å². The van der Waals surface area contributed by atoms with Gasteiger partial charge in [-0.25, -0.2) is 4.79 Å². The van der Waals surface area contributed by atoms with E-state index >= 15 is 0 Å². The van der Waals surface area contributed by atoms with Crippen molar-refractivity contribution in [3.05, 3.63) is 29.8 Å². The van der Waals surface area contributed by atoms with E-state index in [0.29, 0.717) is 25.8 Å². The molecule has 1 rings (SSSR count). The van der Waals surface area contributed by atoms with E-state index in [4.69, 9.17) is 11.5 Å². The molecule has 37 heavy (non-hydrogen) atoms. The summed E-state index contributed by atoms with van der Waals surface area (Å²) < 4.78 is 0. The van der Waals surface area contributed by atoms with Crippen LogP contribution in [0.25, 0.3) is 0 Å². The lowest BCUT2D eigenvalue weighted by molar-refractivity contribution is -0.143. The number of carbonyl (C=O) groups is 4. The minimum absolute atomic E-state index is 0.100. The van der Waals surface area contributed by atoms with E-state index in [1.54, 1.807) is 32.9 Å². The molecule has 0 fully saturated rings. The zero-order chi connectivity index (χ0) is 28.1. The molecule has 0 spiro atoms. The third kappa shape index (κ3) is 10.8. The largest absolute Gasteiger partial charge is 0.508 e. The van der Waals surface area contributed by atoms with Crippen LogP contribution in [-0.2, 0) is 25.6 Å². The van der Waals surface area contributed by atoms with Crippen molar-refractivity contribution < 1.29 is 29.4 Å². The number of aliphatic carboxylic acids is 1. The van der Waals surface area contributed by atoms with Crippen molar-refractivity contribution in [3.8, 4) is 5.75 Å². The molecule has 1 aromatic rings. The van der Waals surface area contributed by atoms with Crippen LogP contribution in [0.4, 0.5) is 0 Å². The molecule has 11 nitrogen and oxygen atoms in total. The first-order chi connectivity index (χ1) is 17.4. The molecule has 0 heterocycles. The van der Waals surface area contributed by atoms with Gasteiger partial charge in [0.2, 0.25) is 17.7 Å². The highest BCUT2D eigenvalue weighted by molar-refractivity contribution is 5.94. The molecule has 1 aromatic carbocycles. The number of phenolic OH excluding ortho intramolecular Hbond substituents is 1. The maximum Gasteiger partial charge on any atom is 0.326 e. The van der Waals surface area contributed by atoms with Gasteiger partial charge in [-0.3, -0.25) is 14.4 Å². The predicted octanol–water partition coefficient (Wildman–Crippen LogP) is 0.632. The first-order valence-electron chi connectivity index (χ1n) is 12.8. The average Bonchev–Trinajstić information content (AvgIpc) is 2.85. The summed E-state index contributed by atoms with van der Waals surface area (Å²) in [6, 6.07) is 2.33. The number of phenols is 1. The highest BCUT2D eigenvalue weighted by Gasteiger charge is 2.33. The summed E-state index contributed by atoms with van der Waals surface area (Å²) in [6.45, 7) is 7.58. The van der Waals surface area contributed by atoms with Crippen LogP contribution in [0.1, 0.15) is 58.9 Å². The Hall–Kier alpha value is -3.18. The molecule has 0 aliphatic rings. The van der Waals surface area contributed by atoms with E-state index in [-0.39, 0.29) is 30.4 Å². The highest BCUT2D eigenvalue weighted by atomic mass is 16.4. The minimum Gasteiger partial charge on any atom is -0.508 e. The molecule has 0 aliphatic carbocycles. The standard InChI is InChI=1S/C26H43N5O6/c1-5-16(4)22(25(35)29-20(26(36)37)8-6-7-13-27)31-24(34)21(15(2)3)30-23(33)19(28)14-17-9-11-18(32)12-10-17/h9-12,15-16,19-22,32H,5-8,13-14,27-28H2,1-4H3,(H,29,35)(H,30,33)(H,31,34)(H,36,37). The van der Waals surface area contributed by atoms with Crippen molar-refractivity contribution in [1.82, 2.24) is 16.0 Å². The predicted molar refractivity (Wildman–Crippen MR) is 140 cm³/mol. The van der Waals surface area contributed by atoms with Gasteiger partial charge in [-0.05, 0) is 61.8 Å². The Labute approximate surface area is 218 Å². The van der Waals surface area contributed by atoms with Crippen molar-refractivity contribution >= 4 is 23.7 Å². The summed E-state index contributed by atoms with van der Waals surface area (Å²) in [6.07, 6.45) is 2.16. The number of hydrogen-bond donors (Lipinski definition) is 7. The number of amides is 3. The summed E-state index contributed by atoms with van der Waals surface area (Å²) >= 11 is 0. The van der Waals surface area contributed by atoms with E-state index in [1.165, 1.54) is 12.1 Å². The van der Waals surface area contributed by atoms with Gasteiger partial charge in [0.05, 0.1) is 6.04 Å². The fourth-order valence-electron chi connectivity index (χ4n) is 3.73. The number of benzene rings is 1. The molecule has 0 aromatic heterocycles. The van der Waals surface area contributed by atoms with Crippen LogP contribution < -0.4 is 27.4 Å². The van der Waals surface area contributed by atoms with Crippen molar-refractivity contribution in [1.29, 1.82) is 0 Å². The van der Waals surface area contributed by atoms with E-state index in [2.05, 4.69) is 16.0 Å². The molecule has 0 radical (unpaired) electrons. The Kier molecular flexibility index (Phi) is 13.6. The van der Waals surface area contributed by atoms with Gasteiger partial charge in [0.15, 0.2) is 0 Å². The molecule has 5 unspecified atom stereocenters. The first kappa shape index (κ1) is 31.8. The second kappa shape index (κ2) is 15.8. The second-order valence-corrected chi connectivity index (χ2v) is 9.76. The molecule has 11 heteroatoms. The summed E-state index contributed by atoms with van der Waals surface area (Å²) in [5.74, 6) is -3.34. The van der Waals surface area contributed by atoms with Crippen LogP contribution in [0, 0.1) is 11.8 Å². The Morgan fingerprint density at radius 1 is 0.892 bits per heavy atom. The molecule has 208 valence electrons. The fourth-order valence-corrected chi connectivity index (χ4v) is 3.73. The van der Waals surface area contributed by atoms with E-state index < -0.39 is 47.9 Å². The van der Waals surface area contributed by atoms with Gasteiger partial charge < -0.3 is 37.6 Å². The number of aromatic hydroxyl groups is 1. The van der Waals surface area contributed by atoms with Crippen molar-refractivity contribution in [3.63, 3.8) is 0 Å². The van der Waals surface area contributed by atoms with Gasteiger partial charge in [0.25, 0.3) is 0 Å². The van der Waals surface area contributed by atoms with E-state index in [0.717, 1.165) is 5.56 Å². The lowest BCUT2D eigenvalue weighted by Crippen LogP contribution is -2.59. The van der Waals surface area contributed by atoms with Crippen LogP contribution in [0.3, 0.4) is 0 Å². The van der Waals surface area contributed by atoms with Crippen LogP contribution in [-0.4, -0.2) is 64.6 Å². The third-order valence-electron chi connectivity index (χ3n) is 6.33. The van der Waals surface area contributed by atoms with Gasteiger partial charge in [-0.15, -0.1) is 0 Å². The number of carboxylic acids is 1. The molecule has 5 atom stereocenters. The van der Waals surface area contributed by atoms with Gasteiger partial charge in [0, 0.05) is 0 Å². The minimum atomic E-state index is -1.16. The first-order valence-corrected chi connectivity index (χ1v) is 12.8. The molecule has 0 saturated carbocycles. The van der Waals surface area contributed by atoms with Crippen LogP contribution in [0.5, 0.6) is 5.75 Å². The average molecular weight is 522 g/mol. The zero-order valence-corrected chi connectivity index (χ0v) is 22.2.